The molecule has 5 nitrogen and oxygen atoms in total. The van der Waals surface area contributed by atoms with Gasteiger partial charge in [-0.25, -0.2) is 12.8 Å². The number of Topliss-reactive ketones (excluding diaryl/α,β-unsaturated/α-hetero) is 1. The Morgan fingerprint density at radius 3 is 2.86 bits per heavy atom. The minimum Gasteiger partial charge on any atom is -0.300 e. The number of nitriles is 1. The summed E-state index contributed by atoms with van der Waals surface area (Å²) < 4.78 is 39.8. The Hall–Kier alpha value is -1.78. The third-order valence-corrected chi connectivity index (χ3v) is 5.46. The van der Waals surface area contributed by atoms with Crippen molar-refractivity contribution in [2.45, 2.75) is 37.1 Å². The van der Waals surface area contributed by atoms with Crippen molar-refractivity contribution in [3.8, 4) is 6.07 Å². The molecule has 0 saturated carbocycles. The summed E-state index contributed by atoms with van der Waals surface area (Å²) in [5.74, 6) is -0.822. The van der Waals surface area contributed by atoms with Crippen LogP contribution in [0.25, 0.3) is 0 Å². The van der Waals surface area contributed by atoms with Gasteiger partial charge in [0.2, 0.25) is 10.0 Å². The molecule has 0 spiro atoms. The first-order valence-corrected chi connectivity index (χ1v) is 8.01. The molecule has 1 fully saturated rings. The largest absolute Gasteiger partial charge is 0.300 e. The van der Waals surface area contributed by atoms with Gasteiger partial charge in [0.1, 0.15) is 17.7 Å². The maximum atomic E-state index is 13.3. The molecule has 21 heavy (non-hydrogen) atoms. The molecule has 0 amide bonds. The topological polar surface area (TPSA) is 78.2 Å². The number of nitrogens with zero attached hydrogens (tertiary/aromatic N) is 2. The van der Waals surface area contributed by atoms with E-state index in [4.69, 9.17) is 5.26 Å². The highest BCUT2D eigenvalue weighted by atomic mass is 32.2. The summed E-state index contributed by atoms with van der Waals surface area (Å²) in [6, 6.07) is 4.43. The lowest BCUT2D eigenvalue weighted by Gasteiger charge is -2.23. The number of carbonyl (C=O) groups is 1. The number of hydrogen-bond donors (Lipinski definition) is 0. The van der Waals surface area contributed by atoms with Gasteiger partial charge in [0.15, 0.2) is 0 Å². The van der Waals surface area contributed by atoms with Crippen molar-refractivity contribution in [3.05, 3.63) is 29.6 Å². The number of benzene rings is 1. The average Bonchev–Trinajstić information content (AvgIpc) is 2.87. The number of carbonyl (C=O) groups excluding carboxylic acids is 1. The molecule has 1 aliphatic heterocycles. The number of halogens is 1. The summed E-state index contributed by atoms with van der Waals surface area (Å²) in [5.41, 5.74) is -0.307. The van der Waals surface area contributed by atoms with Crippen molar-refractivity contribution in [2.75, 3.05) is 6.54 Å². The van der Waals surface area contributed by atoms with Gasteiger partial charge in [0.25, 0.3) is 0 Å². The van der Waals surface area contributed by atoms with Crippen LogP contribution in [0.15, 0.2) is 23.1 Å². The van der Waals surface area contributed by atoms with E-state index in [1.54, 1.807) is 6.07 Å². The van der Waals surface area contributed by atoms with Crippen LogP contribution in [0.1, 0.15) is 31.7 Å². The third-order valence-electron chi connectivity index (χ3n) is 3.51. The number of sulfonamides is 1. The van der Waals surface area contributed by atoms with Gasteiger partial charge >= 0.3 is 0 Å². The van der Waals surface area contributed by atoms with Gasteiger partial charge in [-0.3, -0.25) is 4.79 Å². The molecule has 1 heterocycles. The Morgan fingerprint density at radius 2 is 2.24 bits per heavy atom. The van der Waals surface area contributed by atoms with Gasteiger partial charge in [0, 0.05) is 19.0 Å². The second kappa shape index (κ2) is 5.92. The maximum Gasteiger partial charge on any atom is 0.243 e. The fourth-order valence-electron chi connectivity index (χ4n) is 2.55. The molecule has 1 aromatic rings. The van der Waals surface area contributed by atoms with E-state index in [0.717, 1.165) is 18.2 Å². The van der Waals surface area contributed by atoms with Gasteiger partial charge in [0.05, 0.1) is 10.5 Å². The minimum atomic E-state index is -3.82. The van der Waals surface area contributed by atoms with E-state index in [2.05, 4.69) is 0 Å². The van der Waals surface area contributed by atoms with Crippen LogP contribution in [0, 0.1) is 17.1 Å². The molecule has 0 radical (unpaired) electrons. The molecule has 1 saturated heterocycles. The first-order chi connectivity index (χ1) is 9.86. The van der Waals surface area contributed by atoms with E-state index in [0.29, 0.717) is 19.4 Å². The third kappa shape index (κ3) is 3.12. The summed E-state index contributed by atoms with van der Waals surface area (Å²) in [6.07, 6.45) is 1.49. The van der Waals surface area contributed by atoms with Crippen LogP contribution in [-0.4, -0.2) is 31.1 Å². The maximum absolute atomic E-state index is 13.3. The molecule has 1 unspecified atom stereocenters. The van der Waals surface area contributed by atoms with Crippen LogP contribution in [0.2, 0.25) is 0 Å². The Balaban J connectivity index is 2.38. The smallest absolute Gasteiger partial charge is 0.243 e. The van der Waals surface area contributed by atoms with Crippen LogP contribution in [0.4, 0.5) is 4.39 Å². The molecular weight excluding hydrogens is 295 g/mol. The van der Waals surface area contributed by atoms with Crippen molar-refractivity contribution in [1.29, 1.82) is 5.26 Å². The van der Waals surface area contributed by atoms with E-state index in [1.807, 2.05) is 0 Å². The Labute approximate surface area is 123 Å². The molecule has 1 aromatic carbocycles. The summed E-state index contributed by atoms with van der Waals surface area (Å²) in [6.45, 7) is 1.76. The second-order valence-electron chi connectivity index (χ2n) is 5.07. The Kier molecular flexibility index (Phi) is 4.40. The molecule has 0 N–H and O–H groups in total. The predicted molar refractivity (Wildman–Crippen MR) is 73.3 cm³/mol. The second-order valence-corrected chi connectivity index (χ2v) is 6.96. The SMILES string of the molecule is CC(=O)CC1CCCN1S(=O)(=O)c1ccc(F)c(C#N)c1. The summed E-state index contributed by atoms with van der Waals surface area (Å²) in [4.78, 5) is 11.1. The predicted octanol–water partition coefficient (Wildman–Crippen LogP) is 1.83. The Morgan fingerprint density at radius 1 is 1.52 bits per heavy atom. The molecule has 0 aliphatic carbocycles. The summed E-state index contributed by atoms with van der Waals surface area (Å²) >= 11 is 0. The van der Waals surface area contributed by atoms with Crippen molar-refractivity contribution in [3.63, 3.8) is 0 Å². The van der Waals surface area contributed by atoms with E-state index in [9.17, 15) is 17.6 Å². The van der Waals surface area contributed by atoms with Crippen molar-refractivity contribution < 1.29 is 17.6 Å². The number of rotatable bonds is 4. The minimum absolute atomic E-state index is 0.0704. The van der Waals surface area contributed by atoms with Crippen LogP contribution >= 0.6 is 0 Å². The lowest BCUT2D eigenvalue weighted by atomic mass is 10.1. The van der Waals surface area contributed by atoms with Gasteiger partial charge in [-0.15, -0.1) is 0 Å². The Bertz CT molecular complexity index is 709. The summed E-state index contributed by atoms with van der Waals surface area (Å²) in [7, 11) is -3.82. The van der Waals surface area contributed by atoms with Crippen molar-refractivity contribution in [1.82, 2.24) is 4.31 Å². The van der Waals surface area contributed by atoms with Crippen LogP contribution < -0.4 is 0 Å². The molecule has 1 aliphatic rings. The quantitative estimate of drug-likeness (QED) is 0.850. The monoisotopic (exact) mass is 310 g/mol. The molecule has 0 bridgehead atoms. The zero-order valence-electron chi connectivity index (χ0n) is 11.5. The fourth-order valence-corrected chi connectivity index (χ4v) is 4.27. The zero-order chi connectivity index (χ0) is 15.6. The van der Waals surface area contributed by atoms with E-state index < -0.39 is 15.8 Å². The van der Waals surface area contributed by atoms with Crippen molar-refractivity contribution >= 4 is 15.8 Å². The van der Waals surface area contributed by atoms with Gasteiger partial charge in [-0.05, 0) is 38.0 Å². The molecule has 7 heteroatoms. The average molecular weight is 310 g/mol. The molecular formula is C14H15FN2O3S. The highest BCUT2D eigenvalue weighted by Crippen LogP contribution is 2.28. The first-order valence-electron chi connectivity index (χ1n) is 6.57. The number of ketones is 1. The zero-order valence-corrected chi connectivity index (χ0v) is 12.4. The van der Waals surface area contributed by atoms with E-state index >= 15 is 0 Å². The standard InChI is InChI=1S/C14H15FN2O3S/c1-10(18)7-12-3-2-6-17(12)21(19,20)13-4-5-14(15)11(8-13)9-16/h4-5,8,12H,2-3,6-7H2,1H3. The van der Waals surface area contributed by atoms with Gasteiger partial charge in [-0.2, -0.15) is 9.57 Å². The number of hydrogen-bond acceptors (Lipinski definition) is 4. The van der Waals surface area contributed by atoms with Crippen LogP contribution in [0.5, 0.6) is 0 Å². The summed E-state index contributed by atoms with van der Waals surface area (Å²) in [5, 5.41) is 8.80. The van der Waals surface area contributed by atoms with E-state index in [-0.39, 0.29) is 28.7 Å². The van der Waals surface area contributed by atoms with Gasteiger partial charge in [-0.1, -0.05) is 0 Å². The highest BCUT2D eigenvalue weighted by molar-refractivity contribution is 7.89. The van der Waals surface area contributed by atoms with Crippen molar-refractivity contribution in [2.24, 2.45) is 0 Å². The van der Waals surface area contributed by atoms with Crippen LogP contribution in [0.3, 0.4) is 0 Å². The van der Waals surface area contributed by atoms with E-state index in [1.165, 1.54) is 11.2 Å². The highest BCUT2D eigenvalue weighted by Gasteiger charge is 2.36. The van der Waals surface area contributed by atoms with Gasteiger partial charge < -0.3 is 0 Å². The lowest BCUT2D eigenvalue weighted by Crippen LogP contribution is -2.36. The molecule has 2 rings (SSSR count). The van der Waals surface area contributed by atoms with Crippen LogP contribution in [-0.2, 0) is 14.8 Å². The normalized spacial score (nSPS) is 19.4. The molecule has 1 atom stereocenters. The first kappa shape index (κ1) is 15.6. The fraction of sp³-hybridized carbons (Fsp3) is 0.429. The lowest BCUT2D eigenvalue weighted by molar-refractivity contribution is -0.117. The molecule has 0 aromatic heterocycles. The molecule has 112 valence electrons.